The van der Waals surface area contributed by atoms with Gasteiger partial charge in [-0.1, -0.05) is 6.92 Å². The summed E-state index contributed by atoms with van der Waals surface area (Å²) in [6, 6.07) is 3.49. The Balaban J connectivity index is 2.91. The van der Waals surface area contributed by atoms with Crippen LogP contribution in [-0.4, -0.2) is 11.1 Å². The minimum Gasteiger partial charge on any atom is -0.478 e. The summed E-state index contributed by atoms with van der Waals surface area (Å²) in [7, 11) is 0. The van der Waals surface area contributed by atoms with Crippen LogP contribution in [0.3, 0.4) is 0 Å². The maximum Gasteiger partial charge on any atom is 0.328 e. The van der Waals surface area contributed by atoms with E-state index in [0.717, 1.165) is 0 Å². The first kappa shape index (κ1) is 8.59. The predicted molar refractivity (Wildman–Crippen MR) is 44.6 cm³/mol. The summed E-state index contributed by atoms with van der Waals surface area (Å²) in [6.45, 7) is 1.89. The first-order valence-electron chi connectivity index (χ1n) is 3.71. The van der Waals surface area contributed by atoms with Crippen LogP contribution in [0.4, 0.5) is 0 Å². The maximum absolute atomic E-state index is 10.3. The molecule has 0 aliphatic rings. The minimum absolute atomic E-state index is 0.625. The van der Waals surface area contributed by atoms with Gasteiger partial charge in [0.1, 0.15) is 5.76 Å². The van der Waals surface area contributed by atoms with Gasteiger partial charge in [0.05, 0.1) is 6.26 Å². The molecule has 0 unspecified atom stereocenters. The molecule has 64 valence electrons. The molecule has 1 N–H and O–H groups in total. The van der Waals surface area contributed by atoms with Crippen molar-refractivity contribution in [2.75, 3.05) is 0 Å². The summed E-state index contributed by atoms with van der Waals surface area (Å²) in [5.41, 5.74) is 0.701. The number of carboxylic acids is 1. The van der Waals surface area contributed by atoms with Crippen molar-refractivity contribution in [3.05, 3.63) is 30.2 Å². The van der Waals surface area contributed by atoms with Crippen LogP contribution in [0.2, 0.25) is 0 Å². The van der Waals surface area contributed by atoms with Crippen molar-refractivity contribution >= 4 is 11.5 Å². The number of furan rings is 1. The molecule has 1 heterocycles. The van der Waals surface area contributed by atoms with Crippen LogP contribution in [0.5, 0.6) is 0 Å². The maximum atomic E-state index is 10.3. The van der Waals surface area contributed by atoms with Gasteiger partial charge in [0.2, 0.25) is 0 Å². The van der Waals surface area contributed by atoms with Gasteiger partial charge in [0.25, 0.3) is 0 Å². The number of allylic oxidation sites excluding steroid dienone is 1. The van der Waals surface area contributed by atoms with Crippen molar-refractivity contribution in [3.8, 4) is 0 Å². The van der Waals surface area contributed by atoms with Crippen LogP contribution < -0.4 is 0 Å². The Labute approximate surface area is 70.3 Å². The highest BCUT2D eigenvalue weighted by molar-refractivity contribution is 5.89. The van der Waals surface area contributed by atoms with Gasteiger partial charge in [0.15, 0.2) is 0 Å². The van der Waals surface area contributed by atoms with E-state index in [2.05, 4.69) is 0 Å². The van der Waals surface area contributed by atoms with E-state index in [4.69, 9.17) is 9.52 Å². The Morgan fingerprint density at radius 1 is 1.75 bits per heavy atom. The smallest absolute Gasteiger partial charge is 0.328 e. The van der Waals surface area contributed by atoms with Crippen molar-refractivity contribution in [2.24, 2.45) is 0 Å². The summed E-state index contributed by atoms with van der Waals surface area (Å²) >= 11 is 0. The van der Waals surface area contributed by atoms with Crippen LogP contribution >= 0.6 is 0 Å². The van der Waals surface area contributed by atoms with E-state index in [9.17, 15) is 4.79 Å². The van der Waals surface area contributed by atoms with Gasteiger partial charge in [-0.3, -0.25) is 0 Å². The largest absolute Gasteiger partial charge is 0.478 e. The van der Waals surface area contributed by atoms with Crippen LogP contribution in [-0.2, 0) is 4.79 Å². The summed E-state index contributed by atoms with van der Waals surface area (Å²) < 4.78 is 5.06. The van der Waals surface area contributed by atoms with Gasteiger partial charge in [-0.05, 0) is 18.6 Å². The van der Waals surface area contributed by atoms with Gasteiger partial charge in [-0.25, -0.2) is 4.79 Å². The van der Waals surface area contributed by atoms with E-state index < -0.39 is 5.97 Å². The second-order valence-electron chi connectivity index (χ2n) is 2.34. The number of hydrogen-bond donors (Lipinski definition) is 1. The molecule has 0 saturated carbocycles. The Bertz CT molecular complexity index is 283. The Hall–Kier alpha value is -1.51. The lowest BCUT2D eigenvalue weighted by Gasteiger charge is -1.96. The number of rotatable bonds is 3. The predicted octanol–water partition coefficient (Wildman–Crippen LogP) is 2.16. The third kappa shape index (κ3) is 1.99. The van der Waals surface area contributed by atoms with Crippen molar-refractivity contribution in [1.82, 2.24) is 0 Å². The fraction of sp³-hybridized carbons (Fsp3) is 0.222. The monoisotopic (exact) mass is 166 g/mol. The summed E-state index contributed by atoms with van der Waals surface area (Å²) in [5, 5.41) is 8.50. The Kier molecular flexibility index (Phi) is 2.69. The molecule has 0 radical (unpaired) electrons. The van der Waals surface area contributed by atoms with Crippen LogP contribution in [0.25, 0.3) is 5.57 Å². The molecule has 0 aliphatic heterocycles. The highest BCUT2D eigenvalue weighted by Crippen LogP contribution is 2.17. The zero-order valence-electron chi connectivity index (χ0n) is 6.78. The molecule has 3 nitrogen and oxygen atoms in total. The van der Waals surface area contributed by atoms with E-state index in [1.54, 1.807) is 12.1 Å². The average molecular weight is 166 g/mol. The second-order valence-corrected chi connectivity index (χ2v) is 2.34. The molecule has 0 fully saturated rings. The van der Waals surface area contributed by atoms with Gasteiger partial charge in [-0.2, -0.15) is 0 Å². The normalized spacial score (nSPS) is 11.6. The molecule has 1 aromatic rings. The Morgan fingerprint density at radius 2 is 2.50 bits per heavy atom. The van der Waals surface area contributed by atoms with Crippen molar-refractivity contribution in [2.45, 2.75) is 13.3 Å². The fourth-order valence-electron chi connectivity index (χ4n) is 0.958. The SMILES string of the molecule is CCC(=CC(=O)O)c1ccco1. The number of aliphatic carboxylic acids is 1. The van der Waals surface area contributed by atoms with E-state index in [0.29, 0.717) is 17.8 Å². The zero-order valence-corrected chi connectivity index (χ0v) is 6.78. The van der Waals surface area contributed by atoms with Crippen LogP contribution in [0.1, 0.15) is 19.1 Å². The van der Waals surface area contributed by atoms with Crippen molar-refractivity contribution < 1.29 is 14.3 Å². The lowest BCUT2D eigenvalue weighted by atomic mass is 10.1. The first-order chi connectivity index (χ1) is 5.74. The zero-order chi connectivity index (χ0) is 8.97. The van der Waals surface area contributed by atoms with Gasteiger partial charge in [0, 0.05) is 11.6 Å². The Morgan fingerprint density at radius 3 is 2.92 bits per heavy atom. The van der Waals surface area contributed by atoms with Gasteiger partial charge >= 0.3 is 5.97 Å². The number of hydrogen-bond acceptors (Lipinski definition) is 2. The molecule has 12 heavy (non-hydrogen) atoms. The molecule has 0 saturated heterocycles. The lowest BCUT2D eigenvalue weighted by molar-refractivity contribution is -0.131. The number of carboxylic acid groups (broad SMARTS) is 1. The standard InChI is InChI=1S/C9H10O3/c1-2-7(6-9(10)11)8-4-3-5-12-8/h3-6H,2H2,1H3,(H,10,11). The average Bonchev–Trinajstić information content (AvgIpc) is 2.51. The van der Waals surface area contributed by atoms with Crippen molar-refractivity contribution in [1.29, 1.82) is 0 Å². The minimum atomic E-state index is -0.941. The molecule has 1 aromatic heterocycles. The topological polar surface area (TPSA) is 50.4 Å². The fourth-order valence-corrected chi connectivity index (χ4v) is 0.958. The third-order valence-electron chi connectivity index (χ3n) is 1.52. The summed E-state index contributed by atoms with van der Waals surface area (Å²) in [6.07, 6.45) is 3.35. The molecule has 0 aliphatic carbocycles. The van der Waals surface area contributed by atoms with Gasteiger partial charge < -0.3 is 9.52 Å². The van der Waals surface area contributed by atoms with Crippen LogP contribution in [0.15, 0.2) is 28.9 Å². The van der Waals surface area contributed by atoms with E-state index in [1.165, 1.54) is 12.3 Å². The van der Waals surface area contributed by atoms with E-state index in [-0.39, 0.29) is 0 Å². The quantitative estimate of drug-likeness (QED) is 0.700. The van der Waals surface area contributed by atoms with E-state index >= 15 is 0 Å². The third-order valence-corrected chi connectivity index (χ3v) is 1.52. The molecular weight excluding hydrogens is 156 g/mol. The highest BCUT2D eigenvalue weighted by Gasteiger charge is 2.03. The first-order valence-corrected chi connectivity index (χ1v) is 3.71. The lowest BCUT2D eigenvalue weighted by Crippen LogP contribution is -1.90. The van der Waals surface area contributed by atoms with Crippen LogP contribution in [0, 0.1) is 0 Å². The molecule has 1 rings (SSSR count). The molecule has 3 heteroatoms. The van der Waals surface area contributed by atoms with E-state index in [1.807, 2.05) is 6.92 Å². The summed E-state index contributed by atoms with van der Waals surface area (Å²) in [5.74, 6) is -0.317. The highest BCUT2D eigenvalue weighted by atomic mass is 16.4. The molecule has 0 bridgehead atoms. The summed E-state index contributed by atoms with van der Waals surface area (Å²) in [4.78, 5) is 10.3. The van der Waals surface area contributed by atoms with Crippen molar-refractivity contribution in [3.63, 3.8) is 0 Å². The number of carbonyl (C=O) groups is 1. The molecule has 0 atom stereocenters. The molecule has 0 aromatic carbocycles. The molecule has 0 spiro atoms. The van der Waals surface area contributed by atoms with Gasteiger partial charge in [-0.15, -0.1) is 0 Å². The molecular formula is C9H10O3. The molecule has 0 amide bonds. The second kappa shape index (κ2) is 3.76.